The monoisotopic (exact) mass is 357 g/mol. The molecule has 0 aliphatic carbocycles. The van der Waals surface area contributed by atoms with Gasteiger partial charge in [0.05, 0.1) is 12.1 Å². The van der Waals surface area contributed by atoms with Crippen molar-refractivity contribution in [3.8, 4) is 0 Å². The molecule has 2 rings (SSSR count). The Morgan fingerprint density at radius 3 is 2.36 bits per heavy atom. The van der Waals surface area contributed by atoms with Crippen LogP contribution in [-0.4, -0.2) is 60.9 Å². The van der Waals surface area contributed by atoms with Crippen LogP contribution >= 0.6 is 0 Å². The van der Waals surface area contributed by atoms with Gasteiger partial charge in [-0.25, -0.2) is 0 Å². The average Bonchev–Trinajstić information content (AvgIpc) is 2.79. The molecule has 1 saturated heterocycles. The van der Waals surface area contributed by atoms with Crippen molar-refractivity contribution in [2.45, 2.75) is 19.5 Å². The Morgan fingerprint density at radius 1 is 1.08 bits per heavy atom. The summed E-state index contributed by atoms with van der Waals surface area (Å²) in [6, 6.07) is 4.27. The molecule has 1 aromatic rings. The lowest BCUT2D eigenvalue weighted by Gasteiger charge is -2.22. The number of benzene rings is 1. The number of nitrogens with zero attached hydrogens (tertiary/aromatic N) is 2. The topological polar surface area (TPSA) is 52.7 Å². The summed E-state index contributed by atoms with van der Waals surface area (Å²) in [6.45, 7) is 4.94. The van der Waals surface area contributed by atoms with E-state index >= 15 is 0 Å². The Morgan fingerprint density at radius 2 is 1.76 bits per heavy atom. The van der Waals surface area contributed by atoms with Gasteiger partial charge in [0.2, 0.25) is 5.91 Å². The molecule has 0 unspecified atom stereocenters. The van der Waals surface area contributed by atoms with E-state index in [1.54, 1.807) is 4.90 Å². The Labute approximate surface area is 144 Å². The smallest absolute Gasteiger partial charge is 0.355 e. The zero-order valence-electron chi connectivity index (χ0n) is 14.1. The number of rotatable bonds is 4. The van der Waals surface area contributed by atoms with Crippen LogP contribution in [0.15, 0.2) is 24.3 Å². The van der Waals surface area contributed by atoms with Crippen LogP contribution in [0.25, 0.3) is 0 Å². The van der Waals surface area contributed by atoms with Gasteiger partial charge in [-0.05, 0) is 37.6 Å². The van der Waals surface area contributed by atoms with Gasteiger partial charge in [0.25, 0.3) is 5.91 Å². The summed E-state index contributed by atoms with van der Waals surface area (Å²) in [6.07, 6.45) is -3.70. The van der Waals surface area contributed by atoms with Crippen LogP contribution in [0.1, 0.15) is 29.3 Å². The molecule has 1 heterocycles. The fraction of sp³-hybridized carbons (Fsp3) is 0.529. The summed E-state index contributed by atoms with van der Waals surface area (Å²) < 4.78 is 37.8. The van der Waals surface area contributed by atoms with Gasteiger partial charge in [-0.3, -0.25) is 14.5 Å². The number of carbonyl (C=O) groups is 2. The molecular formula is C17H22F3N3O2. The summed E-state index contributed by atoms with van der Waals surface area (Å²) in [5, 5.41) is 2.74. The Balaban J connectivity index is 1.95. The first-order valence-corrected chi connectivity index (χ1v) is 8.27. The molecule has 1 fully saturated rings. The molecule has 138 valence electrons. The predicted molar refractivity (Wildman–Crippen MR) is 87.1 cm³/mol. The summed E-state index contributed by atoms with van der Waals surface area (Å²) in [5.41, 5.74) is -0.529. The molecule has 1 N–H and O–H groups in total. The molecule has 0 bridgehead atoms. The number of hydrogen-bond acceptors (Lipinski definition) is 3. The second-order valence-corrected chi connectivity index (χ2v) is 5.95. The maximum atomic E-state index is 12.6. The minimum absolute atomic E-state index is 0.0509. The van der Waals surface area contributed by atoms with Gasteiger partial charge in [-0.2, -0.15) is 13.2 Å². The van der Waals surface area contributed by atoms with Crippen molar-refractivity contribution in [3.05, 3.63) is 35.4 Å². The van der Waals surface area contributed by atoms with E-state index in [1.165, 1.54) is 12.1 Å². The van der Waals surface area contributed by atoms with Gasteiger partial charge in [0, 0.05) is 38.3 Å². The van der Waals surface area contributed by atoms with Crippen molar-refractivity contribution in [1.82, 2.24) is 15.1 Å². The molecule has 0 radical (unpaired) electrons. The van der Waals surface area contributed by atoms with Crippen molar-refractivity contribution in [1.29, 1.82) is 0 Å². The minimum Gasteiger partial charge on any atom is -0.355 e. The van der Waals surface area contributed by atoms with E-state index < -0.39 is 11.7 Å². The fourth-order valence-corrected chi connectivity index (χ4v) is 2.77. The normalized spacial score (nSPS) is 16.4. The molecule has 0 aromatic heterocycles. The zero-order valence-corrected chi connectivity index (χ0v) is 14.1. The number of amides is 2. The Hall–Kier alpha value is -2.09. The highest BCUT2D eigenvalue weighted by Crippen LogP contribution is 2.29. The van der Waals surface area contributed by atoms with Crippen molar-refractivity contribution >= 4 is 11.8 Å². The Bertz CT molecular complexity index is 602. The molecular weight excluding hydrogens is 335 g/mol. The highest BCUT2D eigenvalue weighted by atomic mass is 19.4. The van der Waals surface area contributed by atoms with Gasteiger partial charge >= 0.3 is 6.18 Å². The number of hydrogen-bond donors (Lipinski definition) is 1. The zero-order chi connectivity index (χ0) is 18.4. The molecule has 1 aromatic carbocycles. The fourth-order valence-electron chi connectivity index (χ4n) is 2.77. The third kappa shape index (κ3) is 5.45. The molecule has 1 aliphatic heterocycles. The third-order valence-corrected chi connectivity index (χ3v) is 4.08. The lowest BCUT2D eigenvalue weighted by molar-refractivity contribution is -0.137. The van der Waals surface area contributed by atoms with Crippen LogP contribution in [0.5, 0.6) is 0 Å². The van der Waals surface area contributed by atoms with Gasteiger partial charge < -0.3 is 10.2 Å². The van der Waals surface area contributed by atoms with E-state index in [-0.39, 0.29) is 23.9 Å². The lowest BCUT2D eigenvalue weighted by Crippen LogP contribution is -2.40. The average molecular weight is 357 g/mol. The summed E-state index contributed by atoms with van der Waals surface area (Å²) >= 11 is 0. The maximum absolute atomic E-state index is 12.6. The van der Waals surface area contributed by atoms with Gasteiger partial charge in [-0.15, -0.1) is 0 Å². The standard InChI is InChI=1S/C17H22F3N3O2/c1-2-21-15(24)12-22-8-3-9-23(11-10-22)16(25)13-4-6-14(7-5-13)17(18,19)20/h4-7H,2-3,8-12H2,1H3,(H,21,24). The maximum Gasteiger partial charge on any atom is 0.416 e. The van der Waals surface area contributed by atoms with Crippen LogP contribution in [0.2, 0.25) is 0 Å². The van der Waals surface area contributed by atoms with Gasteiger partial charge in [0.1, 0.15) is 0 Å². The highest BCUT2D eigenvalue weighted by Gasteiger charge is 2.30. The number of carbonyl (C=O) groups excluding carboxylic acids is 2. The molecule has 0 spiro atoms. The van der Waals surface area contributed by atoms with E-state index in [4.69, 9.17) is 0 Å². The number of likely N-dealkylation sites (N-methyl/N-ethyl adjacent to an activating group) is 1. The van der Waals surface area contributed by atoms with Crippen molar-refractivity contribution in [3.63, 3.8) is 0 Å². The summed E-state index contributed by atoms with van der Waals surface area (Å²) in [7, 11) is 0. The summed E-state index contributed by atoms with van der Waals surface area (Å²) in [4.78, 5) is 27.7. The number of halogens is 3. The first-order chi connectivity index (χ1) is 11.8. The predicted octanol–water partition coefficient (Wildman–Crippen LogP) is 1.99. The first kappa shape index (κ1) is 19.2. The molecule has 0 saturated carbocycles. The second-order valence-electron chi connectivity index (χ2n) is 5.95. The van der Waals surface area contributed by atoms with E-state index in [9.17, 15) is 22.8 Å². The second kappa shape index (κ2) is 8.33. The number of alkyl halides is 3. The highest BCUT2D eigenvalue weighted by molar-refractivity contribution is 5.94. The first-order valence-electron chi connectivity index (χ1n) is 8.27. The van der Waals surface area contributed by atoms with Gasteiger partial charge in [-0.1, -0.05) is 0 Å². The molecule has 8 heteroatoms. The van der Waals surface area contributed by atoms with E-state index in [0.717, 1.165) is 12.1 Å². The van der Waals surface area contributed by atoms with Crippen LogP contribution in [0.3, 0.4) is 0 Å². The SMILES string of the molecule is CCNC(=O)CN1CCCN(C(=O)c2ccc(C(F)(F)F)cc2)CC1. The Kier molecular flexibility index (Phi) is 6.41. The molecule has 2 amide bonds. The number of nitrogens with one attached hydrogen (secondary N) is 1. The van der Waals surface area contributed by atoms with Crippen molar-refractivity contribution < 1.29 is 22.8 Å². The molecule has 0 atom stereocenters. The van der Waals surface area contributed by atoms with E-state index in [2.05, 4.69) is 5.32 Å². The minimum atomic E-state index is -4.41. The van der Waals surface area contributed by atoms with E-state index in [0.29, 0.717) is 39.1 Å². The molecule has 5 nitrogen and oxygen atoms in total. The quantitative estimate of drug-likeness (QED) is 0.897. The van der Waals surface area contributed by atoms with Gasteiger partial charge in [0.15, 0.2) is 0 Å². The largest absolute Gasteiger partial charge is 0.416 e. The van der Waals surface area contributed by atoms with Crippen LogP contribution in [0, 0.1) is 0 Å². The summed E-state index contributed by atoms with van der Waals surface area (Å²) in [5.74, 6) is -0.335. The van der Waals surface area contributed by atoms with Crippen molar-refractivity contribution in [2.24, 2.45) is 0 Å². The van der Waals surface area contributed by atoms with Crippen LogP contribution < -0.4 is 5.32 Å². The molecule has 1 aliphatic rings. The third-order valence-electron chi connectivity index (χ3n) is 4.08. The van der Waals surface area contributed by atoms with Crippen molar-refractivity contribution in [2.75, 3.05) is 39.3 Å². The van der Waals surface area contributed by atoms with Crippen LogP contribution in [0.4, 0.5) is 13.2 Å². The van der Waals surface area contributed by atoms with Crippen LogP contribution in [-0.2, 0) is 11.0 Å². The van der Waals surface area contributed by atoms with E-state index in [1.807, 2.05) is 11.8 Å². The lowest BCUT2D eigenvalue weighted by atomic mass is 10.1. The molecule has 25 heavy (non-hydrogen) atoms.